The second-order valence-corrected chi connectivity index (χ2v) is 4.56. The molecule has 1 rings (SSSR count). The molecular weight excluding hydrogens is 181 g/mol. The van der Waals surface area contributed by atoms with Crippen molar-refractivity contribution in [1.29, 1.82) is 0 Å². The van der Waals surface area contributed by atoms with E-state index in [1.165, 1.54) is 0 Å². The maximum atomic E-state index is 13.4. The molecule has 80 valence electrons. The Morgan fingerprint density at radius 3 is 2.71 bits per heavy atom. The Kier molecular flexibility index (Phi) is 3.69. The van der Waals surface area contributed by atoms with Gasteiger partial charge in [-0.2, -0.15) is 0 Å². The van der Waals surface area contributed by atoms with Gasteiger partial charge in [-0.05, 0) is 32.4 Å². The van der Waals surface area contributed by atoms with Crippen LogP contribution in [0.5, 0.6) is 0 Å². The molecule has 0 fully saturated rings. The molecule has 0 radical (unpaired) electrons. The number of nitrogens with one attached hydrogen (secondary N) is 1. The summed E-state index contributed by atoms with van der Waals surface area (Å²) in [6, 6.07) is 1.80. The maximum absolute atomic E-state index is 13.4. The second kappa shape index (κ2) is 4.60. The highest BCUT2D eigenvalue weighted by atomic mass is 19.1. The average Bonchev–Trinajstić information content (AvgIpc) is 2.52. The van der Waals surface area contributed by atoms with E-state index in [0.29, 0.717) is 13.0 Å². The molecule has 0 aromatic carbocycles. The van der Waals surface area contributed by atoms with Crippen LogP contribution in [0.2, 0.25) is 0 Å². The normalized spacial score (nSPS) is 14.3. The van der Waals surface area contributed by atoms with Gasteiger partial charge in [0.25, 0.3) is 0 Å². The minimum atomic E-state index is -0.855. The molecule has 0 saturated heterocycles. The van der Waals surface area contributed by atoms with Crippen LogP contribution in [0, 0.1) is 0 Å². The smallest absolute Gasteiger partial charge is 0.117 e. The number of halogens is 1. The standard InChI is InChI=1S/C11H18FNO/c1-11(2,3)13-7-10(12)6-9-4-5-14-8-9/h4-5,8,10,13H,6-7H2,1-3H3. The lowest BCUT2D eigenvalue weighted by Gasteiger charge is -2.21. The highest BCUT2D eigenvalue weighted by Gasteiger charge is 2.13. The van der Waals surface area contributed by atoms with Gasteiger partial charge >= 0.3 is 0 Å². The summed E-state index contributed by atoms with van der Waals surface area (Å²) in [4.78, 5) is 0. The van der Waals surface area contributed by atoms with Gasteiger partial charge in [0.1, 0.15) is 6.17 Å². The average molecular weight is 199 g/mol. The summed E-state index contributed by atoms with van der Waals surface area (Å²) in [7, 11) is 0. The first-order chi connectivity index (χ1) is 6.47. The van der Waals surface area contributed by atoms with Crippen LogP contribution >= 0.6 is 0 Å². The lowest BCUT2D eigenvalue weighted by molar-refractivity contribution is 0.284. The van der Waals surface area contributed by atoms with Gasteiger partial charge in [-0.1, -0.05) is 0 Å². The van der Waals surface area contributed by atoms with Gasteiger partial charge in [-0.15, -0.1) is 0 Å². The van der Waals surface area contributed by atoms with E-state index in [-0.39, 0.29) is 5.54 Å². The minimum Gasteiger partial charge on any atom is -0.472 e. The number of rotatable bonds is 4. The molecule has 0 bridgehead atoms. The van der Waals surface area contributed by atoms with Crippen molar-refractivity contribution in [2.24, 2.45) is 0 Å². The first-order valence-electron chi connectivity index (χ1n) is 4.87. The molecule has 1 N–H and O–H groups in total. The third-order valence-corrected chi connectivity index (χ3v) is 1.89. The number of hydrogen-bond acceptors (Lipinski definition) is 2. The summed E-state index contributed by atoms with van der Waals surface area (Å²) in [5, 5.41) is 3.13. The van der Waals surface area contributed by atoms with Gasteiger partial charge in [0.15, 0.2) is 0 Å². The molecule has 0 aliphatic carbocycles. The molecule has 0 aliphatic heterocycles. The molecule has 0 spiro atoms. The van der Waals surface area contributed by atoms with Gasteiger partial charge in [-0.25, -0.2) is 4.39 Å². The largest absolute Gasteiger partial charge is 0.472 e. The number of alkyl halides is 1. The summed E-state index contributed by atoms with van der Waals surface area (Å²) in [5.41, 5.74) is 0.883. The quantitative estimate of drug-likeness (QED) is 0.806. The van der Waals surface area contributed by atoms with E-state index in [1.807, 2.05) is 20.8 Å². The summed E-state index contributed by atoms with van der Waals surface area (Å²) in [5.74, 6) is 0. The zero-order valence-corrected chi connectivity index (χ0v) is 9.01. The Bertz CT molecular complexity index is 251. The molecule has 0 aliphatic rings. The van der Waals surface area contributed by atoms with E-state index in [0.717, 1.165) is 5.56 Å². The number of hydrogen-bond donors (Lipinski definition) is 1. The van der Waals surface area contributed by atoms with Crippen molar-refractivity contribution < 1.29 is 8.81 Å². The van der Waals surface area contributed by atoms with Gasteiger partial charge < -0.3 is 9.73 Å². The zero-order chi connectivity index (χ0) is 10.6. The Hall–Kier alpha value is -0.830. The Labute approximate surface area is 84.5 Å². The SMILES string of the molecule is CC(C)(C)NCC(F)Cc1ccoc1. The number of furan rings is 1. The van der Waals surface area contributed by atoms with E-state index < -0.39 is 6.17 Å². The minimum absolute atomic E-state index is 0.0270. The molecule has 1 unspecified atom stereocenters. The van der Waals surface area contributed by atoms with Crippen molar-refractivity contribution in [3.8, 4) is 0 Å². The van der Waals surface area contributed by atoms with Gasteiger partial charge in [0, 0.05) is 18.5 Å². The highest BCUT2D eigenvalue weighted by molar-refractivity contribution is 5.06. The molecule has 1 heterocycles. The lowest BCUT2D eigenvalue weighted by Crippen LogP contribution is -2.40. The molecule has 0 amide bonds. The Morgan fingerprint density at radius 2 is 2.21 bits per heavy atom. The van der Waals surface area contributed by atoms with Gasteiger partial charge in [0.2, 0.25) is 0 Å². The first kappa shape index (κ1) is 11.2. The second-order valence-electron chi connectivity index (χ2n) is 4.56. The predicted molar refractivity (Wildman–Crippen MR) is 55.1 cm³/mol. The molecule has 1 atom stereocenters. The van der Waals surface area contributed by atoms with Crippen LogP contribution in [0.1, 0.15) is 26.3 Å². The topological polar surface area (TPSA) is 25.2 Å². The molecule has 3 heteroatoms. The van der Waals surface area contributed by atoms with Crippen molar-refractivity contribution in [3.63, 3.8) is 0 Å². The monoisotopic (exact) mass is 199 g/mol. The molecule has 14 heavy (non-hydrogen) atoms. The van der Waals surface area contributed by atoms with E-state index in [2.05, 4.69) is 5.32 Å². The van der Waals surface area contributed by atoms with Gasteiger partial charge in [0.05, 0.1) is 12.5 Å². The lowest BCUT2D eigenvalue weighted by atomic mass is 10.1. The van der Waals surface area contributed by atoms with E-state index in [4.69, 9.17) is 4.42 Å². The van der Waals surface area contributed by atoms with E-state index in [9.17, 15) is 4.39 Å². The van der Waals surface area contributed by atoms with E-state index >= 15 is 0 Å². The van der Waals surface area contributed by atoms with Crippen molar-refractivity contribution >= 4 is 0 Å². The third kappa shape index (κ3) is 4.42. The Morgan fingerprint density at radius 1 is 1.50 bits per heavy atom. The van der Waals surface area contributed by atoms with Crippen molar-refractivity contribution in [2.75, 3.05) is 6.54 Å². The van der Waals surface area contributed by atoms with Crippen molar-refractivity contribution in [2.45, 2.75) is 38.9 Å². The van der Waals surface area contributed by atoms with Crippen LogP contribution < -0.4 is 5.32 Å². The fourth-order valence-corrected chi connectivity index (χ4v) is 1.15. The fraction of sp³-hybridized carbons (Fsp3) is 0.636. The zero-order valence-electron chi connectivity index (χ0n) is 9.01. The summed E-state index contributed by atoms with van der Waals surface area (Å²) in [6.07, 6.45) is 2.72. The van der Waals surface area contributed by atoms with Crippen molar-refractivity contribution in [1.82, 2.24) is 5.32 Å². The maximum Gasteiger partial charge on any atom is 0.117 e. The Balaban J connectivity index is 2.26. The third-order valence-electron chi connectivity index (χ3n) is 1.89. The first-order valence-corrected chi connectivity index (χ1v) is 4.87. The molecule has 2 nitrogen and oxygen atoms in total. The molecule has 1 aromatic heterocycles. The summed E-state index contributed by atoms with van der Waals surface area (Å²) < 4.78 is 18.3. The fourth-order valence-electron chi connectivity index (χ4n) is 1.15. The van der Waals surface area contributed by atoms with Crippen LogP contribution in [0.25, 0.3) is 0 Å². The van der Waals surface area contributed by atoms with Crippen LogP contribution in [0.4, 0.5) is 4.39 Å². The van der Waals surface area contributed by atoms with Crippen LogP contribution in [0.15, 0.2) is 23.0 Å². The molecule has 0 saturated carbocycles. The van der Waals surface area contributed by atoms with Crippen molar-refractivity contribution in [3.05, 3.63) is 24.2 Å². The van der Waals surface area contributed by atoms with E-state index in [1.54, 1.807) is 18.6 Å². The van der Waals surface area contributed by atoms with Crippen LogP contribution in [0.3, 0.4) is 0 Å². The molecular formula is C11H18FNO. The van der Waals surface area contributed by atoms with Gasteiger partial charge in [-0.3, -0.25) is 0 Å². The highest BCUT2D eigenvalue weighted by Crippen LogP contribution is 2.07. The predicted octanol–water partition coefficient (Wildman–Crippen LogP) is 2.55. The summed E-state index contributed by atoms with van der Waals surface area (Å²) >= 11 is 0. The summed E-state index contributed by atoms with van der Waals surface area (Å²) in [6.45, 7) is 6.46. The molecule has 1 aromatic rings. The van der Waals surface area contributed by atoms with Crippen LogP contribution in [-0.2, 0) is 6.42 Å². The van der Waals surface area contributed by atoms with Crippen LogP contribution in [-0.4, -0.2) is 18.3 Å².